The van der Waals surface area contributed by atoms with Gasteiger partial charge in [0.05, 0.1) is 18.1 Å². The highest BCUT2D eigenvalue weighted by Crippen LogP contribution is 2.65. The number of unbranched alkanes of at least 4 members (excludes halogenated alkanes) is 1. The molecule has 3 fully saturated rings. The lowest BCUT2D eigenvalue weighted by Gasteiger charge is -2.39. The van der Waals surface area contributed by atoms with Gasteiger partial charge in [-0.15, -0.1) is 13.2 Å². The first-order valence-corrected chi connectivity index (χ1v) is 13.4. The van der Waals surface area contributed by atoms with E-state index in [0.29, 0.717) is 25.8 Å². The van der Waals surface area contributed by atoms with Crippen molar-refractivity contribution in [1.82, 2.24) is 9.80 Å². The number of fused-ring (bicyclic) bond motifs is 1. The van der Waals surface area contributed by atoms with Crippen LogP contribution in [-0.2, 0) is 23.9 Å². The van der Waals surface area contributed by atoms with Crippen LogP contribution in [-0.4, -0.2) is 82.3 Å². The number of rotatable bonds is 14. The number of esters is 1. The molecule has 36 heavy (non-hydrogen) atoms. The SMILES string of the molecule is C=CCCCOC(=O)[C@H]1[C@H]2C(=O)N(CCCO)C(C(=O)N(CC=C)C(C)CCC)C23CC(C)[C@]1(C)O3. The van der Waals surface area contributed by atoms with Gasteiger partial charge in [0, 0.05) is 25.7 Å². The van der Waals surface area contributed by atoms with Gasteiger partial charge in [0.15, 0.2) is 0 Å². The van der Waals surface area contributed by atoms with E-state index in [4.69, 9.17) is 9.47 Å². The number of carbonyl (C=O) groups is 3. The zero-order valence-electron chi connectivity index (χ0n) is 22.4. The first-order valence-electron chi connectivity index (χ1n) is 13.4. The molecule has 8 heteroatoms. The molecule has 1 N–H and O–H groups in total. The Bertz CT molecular complexity index is 861. The summed E-state index contributed by atoms with van der Waals surface area (Å²) in [4.78, 5) is 45.0. The van der Waals surface area contributed by atoms with E-state index in [1.165, 1.54) is 0 Å². The second-order valence-corrected chi connectivity index (χ2v) is 10.8. The molecular formula is C28H44N2O6. The molecule has 0 aliphatic carbocycles. The molecule has 4 unspecified atom stereocenters. The number of hydrogen-bond donors (Lipinski definition) is 1. The average molecular weight is 505 g/mol. The monoisotopic (exact) mass is 504 g/mol. The maximum atomic E-state index is 14.2. The minimum atomic E-state index is -1.10. The number of likely N-dealkylation sites (tertiary alicyclic amines) is 1. The molecule has 202 valence electrons. The Balaban J connectivity index is 2.02. The van der Waals surface area contributed by atoms with Gasteiger partial charge in [0.1, 0.15) is 17.6 Å². The predicted octanol–water partition coefficient (Wildman–Crippen LogP) is 3.09. The van der Waals surface area contributed by atoms with Crippen molar-refractivity contribution in [3.63, 3.8) is 0 Å². The fourth-order valence-electron chi connectivity index (χ4n) is 6.71. The summed E-state index contributed by atoms with van der Waals surface area (Å²) in [6.45, 7) is 16.3. The van der Waals surface area contributed by atoms with Crippen molar-refractivity contribution in [3.8, 4) is 0 Å². The van der Waals surface area contributed by atoms with Crippen LogP contribution in [0.4, 0.5) is 0 Å². The minimum absolute atomic E-state index is 0.0389. The van der Waals surface area contributed by atoms with Crippen LogP contribution in [0.5, 0.6) is 0 Å². The third kappa shape index (κ3) is 4.62. The largest absolute Gasteiger partial charge is 0.465 e. The molecule has 0 aromatic heterocycles. The van der Waals surface area contributed by atoms with Crippen molar-refractivity contribution in [2.75, 3.05) is 26.3 Å². The molecule has 0 radical (unpaired) electrons. The van der Waals surface area contributed by atoms with E-state index in [2.05, 4.69) is 20.1 Å². The highest BCUT2D eigenvalue weighted by molar-refractivity contribution is 5.98. The van der Waals surface area contributed by atoms with Crippen LogP contribution < -0.4 is 0 Å². The normalized spacial score (nSPS) is 33.4. The average Bonchev–Trinajstić information content (AvgIpc) is 3.35. The summed E-state index contributed by atoms with van der Waals surface area (Å²) in [5.41, 5.74) is -2.00. The summed E-state index contributed by atoms with van der Waals surface area (Å²) in [5, 5.41) is 9.53. The number of aliphatic hydroxyl groups excluding tert-OH is 1. The lowest BCUT2D eigenvalue weighted by molar-refractivity contribution is -0.162. The highest BCUT2D eigenvalue weighted by Gasteiger charge is 2.80. The Morgan fingerprint density at radius 2 is 2.06 bits per heavy atom. The van der Waals surface area contributed by atoms with Gasteiger partial charge in [0.25, 0.3) is 0 Å². The summed E-state index contributed by atoms with van der Waals surface area (Å²) >= 11 is 0. The summed E-state index contributed by atoms with van der Waals surface area (Å²) in [7, 11) is 0. The van der Waals surface area contributed by atoms with Crippen LogP contribution in [0.25, 0.3) is 0 Å². The van der Waals surface area contributed by atoms with Gasteiger partial charge in [0.2, 0.25) is 11.8 Å². The first kappa shape index (κ1) is 28.4. The van der Waals surface area contributed by atoms with Crippen molar-refractivity contribution in [3.05, 3.63) is 25.3 Å². The molecule has 3 aliphatic rings. The van der Waals surface area contributed by atoms with Gasteiger partial charge in [-0.2, -0.15) is 0 Å². The Labute approximate surface area is 215 Å². The molecule has 8 nitrogen and oxygen atoms in total. The van der Waals surface area contributed by atoms with Gasteiger partial charge in [-0.05, 0) is 51.9 Å². The van der Waals surface area contributed by atoms with Crippen LogP contribution in [0.1, 0.15) is 66.2 Å². The lowest BCUT2D eigenvalue weighted by atomic mass is 9.62. The molecule has 7 atom stereocenters. The molecule has 0 aromatic rings. The van der Waals surface area contributed by atoms with Crippen molar-refractivity contribution in [2.24, 2.45) is 17.8 Å². The Morgan fingerprint density at radius 3 is 2.67 bits per heavy atom. The minimum Gasteiger partial charge on any atom is -0.465 e. The zero-order chi connectivity index (χ0) is 26.7. The van der Waals surface area contributed by atoms with E-state index in [1.54, 1.807) is 22.0 Å². The van der Waals surface area contributed by atoms with E-state index in [1.807, 2.05) is 20.8 Å². The van der Waals surface area contributed by atoms with Gasteiger partial charge in [-0.25, -0.2) is 0 Å². The second kappa shape index (κ2) is 11.5. The van der Waals surface area contributed by atoms with Crippen molar-refractivity contribution < 1.29 is 29.0 Å². The van der Waals surface area contributed by atoms with E-state index >= 15 is 0 Å². The van der Waals surface area contributed by atoms with Crippen LogP contribution in [0.3, 0.4) is 0 Å². The molecule has 0 saturated carbocycles. The van der Waals surface area contributed by atoms with Gasteiger partial charge < -0.3 is 24.4 Å². The highest BCUT2D eigenvalue weighted by atomic mass is 16.6. The van der Waals surface area contributed by atoms with Crippen molar-refractivity contribution in [1.29, 1.82) is 0 Å². The van der Waals surface area contributed by atoms with Crippen molar-refractivity contribution in [2.45, 2.75) is 89.5 Å². The molecule has 3 rings (SSSR count). The zero-order valence-corrected chi connectivity index (χ0v) is 22.4. The van der Waals surface area contributed by atoms with E-state index in [-0.39, 0.29) is 43.5 Å². The predicted molar refractivity (Wildman–Crippen MR) is 137 cm³/mol. The maximum Gasteiger partial charge on any atom is 0.312 e. The molecule has 3 saturated heterocycles. The molecule has 2 bridgehead atoms. The molecule has 0 aromatic carbocycles. The van der Waals surface area contributed by atoms with Crippen LogP contribution in [0.2, 0.25) is 0 Å². The number of carbonyl (C=O) groups excluding carboxylic acids is 3. The summed E-state index contributed by atoms with van der Waals surface area (Å²) < 4.78 is 12.3. The molecule has 3 heterocycles. The number of amides is 2. The lowest BCUT2D eigenvalue weighted by Crippen LogP contribution is -2.58. The molecule has 1 spiro atoms. The Morgan fingerprint density at radius 1 is 1.33 bits per heavy atom. The second-order valence-electron chi connectivity index (χ2n) is 10.8. The van der Waals surface area contributed by atoms with Crippen molar-refractivity contribution >= 4 is 17.8 Å². The molecule has 2 amide bonds. The number of ether oxygens (including phenoxy) is 2. The third-order valence-corrected chi connectivity index (χ3v) is 8.50. The summed E-state index contributed by atoms with van der Waals surface area (Å²) in [6, 6.07) is -0.897. The van der Waals surface area contributed by atoms with Gasteiger partial charge in [-0.1, -0.05) is 32.4 Å². The topological polar surface area (TPSA) is 96.4 Å². The van der Waals surface area contributed by atoms with Gasteiger partial charge in [-0.3, -0.25) is 14.4 Å². The fraction of sp³-hybridized carbons (Fsp3) is 0.750. The third-order valence-electron chi connectivity index (χ3n) is 8.50. The van der Waals surface area contributed by atoms with E-state index in [9.17, 15) is 19.5 Å². The first-order chi connectivity index (χ1) is 17.1. The standard InChI is InChI=1S/C28H44N2O6/c1-7-10-11-17-35-26(34)22-21-24(32)30(15-12-16-31)23(28(21)18-19(4)27(22,6)36-28)25(33)29(14-9-3)20(5)13-8-2/h7,9,19-23,31H,1,3,8,10-18H2,2,4-6H3/t19?,20?,21-,22+,23?,27-,28?/m0/s1. The fourth-order valence-corrected chi connectivity index (χ4v) is 6.71. The van der Waals surface area contributed by atoms with E-state index < -0.39 is 35.0 Å². The van der Waals surface area contributed by atoms with Crippen LogP contribution in [0, 0.1) is 17.8 Å². The summed E-state index contributed by atoms with van der Waals surface area (Å²) in [6.07, 6.45) is 7.46. The van der Waals surface area contributed by atoms with E-state index in [0.717, 1.165) is 19.3 Å². The number of nitrogens with zero attached hydrogens (tertiary/aromatic N) is 2. The number of aliphatic hydroxyl groups is 1. The number of allylic oxidation sites excluding steroid dienone is 1. The molecular weight excluding hydrogens is 460 g/mol. The quantitative estimate of drug-likeness (QED) is 0.222. The Kier molecular flexibility index (Phi) is 9.04. The maximum absolute atomic E-state index is 14.2. The van der Waals surface area contributed by atoms with Crippen LogP contribution in [0.15, 0.2) is 25.3 Å². The molecule has 3 aliphatic heterocycles. The van der Waals surface area contributed by atoms with Gasteiger partial charge >= 0.3 is 5.97 Å². The Hall–Kier alpha value is -2.19. The summed E-state index contributed by atoms with van der Waals surface area (Å²) in [5.74, 6) is -2.49. The van der Waals surface area contributed by atoms with Crippen LogP contribution >= 0.6 is 0 Å². The smallest absolute Gasteiger partial charge is 0.312 e. The number of hydrogen-bond acceptors (Lipinski definition) is 6.